The van der Waals surface area contributed by atoms with Crippen molar-refractivity contribution in [2.24, 2.45) is 0 Å². The summed E-state index contributed by atoms with van der Waals surface area (Å²) in [5.41, 5.74) is 0.0964. The molecule has 0 fully saturated rings. The summed E-state index contributed by atoms with van der Waals surface area (Å²) in [7, 11) is -4.57. The van der Waals surface area contributed by atoms with Gasteiger partial charge in [0.25, 0.3) is 0 Å². The van der Waals surface area contributed by atoms with E-state index in [4.69, 9.17) is 5.26 Å². The van der Waals surface area contributed by atoms with Gasteiger partial charge in [-0.05, 0) is 12.1 Å². The van der Waals surface area contributed by atoms with Crippen LogP contribution in [0, 0.1) is 11.3 Å². The minimum atomic E-state index is -3.84. The van der Waals surface area contributed by atoms with E-state index in [0.29, 0.717) is 0 Å². The summed E-state index contributed by atoms with van der Waals surface area (Å²) < 4.78 is 49.8. The van der Waals surface area contributed by atoms with E-state index in [1.165, 1.54) is 26.2 Å². The van der Waals surface area contributed by atoms with Crippen molar-refractivity contribution in [1.29, 1.82) is 5.26 Å². The number of nitrogens with one attached hydrogen (secondary N) is 1. The average Bonchev–Trinajstić information content (AvgIpc) is 2.38. The highest BCUT2D eigenvalue weighted by Crippen LogP contribution is 2.07. The molecule has 20 heavy (non-hydrogen) atoms. The van der Waals surface area contributed by atoms with Gasteiger partial charge in [0, 0.05) is 26.8 Å². The summed E-state index contributed by atoms with van der Waals surface area (Å²) in [4.78, 5) is 3.52. The van der Waals surface area contributed by atoms with E-state index in [1.54, 1.807) is 6.07 Å². The quantitative estimate of drug-likeness (QED) is 0.727. The van der Waals surface area contributed by atoms with Crippen LogP contribution in [0.1, 0.15) is 5.69 Å². The monoisotopic (exact) mass is 318 g/mol. The number of aromatic nitrogens is 1. The molecule has 0 aliphatic carbocycles. The Bertz CT molecular complexity index is 703. The summed E-state index contributed by atoms with van der Waals surface area (Å²) in [6, 6.07) is 4.27. The van der Waals surface area contributed by atoms with E-state index in [2.05, 4.69) is 9.71 Å². The first-order valence-corrected chi connectivity index (χ1v) is 8.54. The molecule has 10 heteroatoms. The zero-order valence-corrected chi connectivity index (χ0v) is 12.6. The highest BCUT2D eigenvalue weighted by molar-refractivity contribution is 7.90. The van der Waals surface area contributed by atoms with Crippen LogP contribution in [0.4, 0.5) is 0 Å². The molecule has 110 valence electrons. The van der Waals surface area contributed by atoms with Crippen LogP contribution in [0.15, 0.2) is 23.2 Å². The first kappa shape index (κ1) is 16.5. The molecule has 0 aliphatic rings. The molecule has 0 spiro atoms. The molecule has 1 rings (SSSR count). The van der Waals surface area contributed by atoms with E-state index in [0.717, 1.165) is 10.5 Å². The lowest BCUT2D eigenvalue weighted by Gasteiger charge is -2.11. The maximum atomic E-state index is 11.8. The van der Waals surface area contributed by atoms with Crippen LogP contribution in [-0.2, 0) is 20.0 Å². The Kier molecular flexibility index (Phi) is 5.18. The van der Waals surface area contributed by atoms with Gasteiger partial charge in [-0.25, -0.2) is 30.8 Å². The van der Waals surface area contributed by atoms with Gasteiger partial charge in [0.05, 0.1) is 5.75 Å². The molecule has 1 aromatic heterocycles. The summed E-state index contributed by atoms with van der Waals surface area (Å²) >= 11 is 0. The first-order chi connectivity index (χ1) is 9.19. The van der Waals surface area contributed by atoms with Crippen molar-refractivity contribution in [2.45, 2.75) is 4.90 Å². The van der Waals surface area contributed by atoms with Gasteiger partial charge < -0.3 is 0 Å². The zero-order chi connectivity index (χ0) is 15.4. The van der Waals surface area contributed by atoms with Crippen molar-refractivity contribution < 1.29 is 16.8 Å². The lowest BCUT2D eigenvalue weighted by atomic mass is 10.4. The van der Waals surface area contributed by atoms with Crippen molar-refractivity contribution in [2.75, 3.05) is 26.4 Å². The summed E-state index contributed by atoms with van der Waals surface area (Å²) in [6.07, 6.45) is 1.04. The second-order valence-electron chi connectivity index (χ2n) is 3.99. The molecular formula is C10H14N4O4S2. The topological polar surface area (TPSA) is 120 Å². The lowest BCUT2D eigenvalue weighted by molar-refractivity contribution is 0.519. The van der Waals surface area contributed by atoms with Crippen molar-refractivity contribution in [3.8, 4) is 6.07 Å². The van der Waals surface area contributed by atoms with Crippen LogP contribution >= 0.6 is 0 Å². The lowest BCUT2D eigenvalue weighted by Crippen LogP contribution is -2.34. The number of nitrogens with zero attached hydrogens (tertiary/aromatic N) is 3. The maximum absolute atomic E-state index is 11.8. The molecule has 0 saturated carbocycles. The molecule has 8 nitrogen and oxygen atoms in total. The second kappa shape index (κ2) is 6.27. The minimum Gasteiger partial charge on any atom is -0.244 e. The smallest absolute Gasteiger partial charge is 0.242 e. The molecular weight excluding hydrogens is 304 g/mol. The van der Waals surface area contributed by atoms with Gasteiger partial charge >= 0.3 is 0 Å². The molecule has 1 N–H and O–H groups in total. The number of hydrogen-bond donors (Lipinski definition) is 1. The Labute approximate surface area is 118 Å². The van der Waals surface area contributed by atoms with Crippen LogP contribution in [0.2, 0.25) is 0 Å². The van der Waals surface area contributed by atoms with E-state index < -0.39 is 20.0 Å². The van der Waals surface area contributed by atoms with Gasteiger partial charge in [0.1, 0.15) is 16.7 Å². The number of pyridine rings is 1. The Hall–Kier alpha value is -1.54. The van der Waals surface area contributed by atoms with Crippen molar-refractivity contribution in [3.05, 3.63) is 24.0 Å². The van der Waals surface area contributed by atoms with Gasteiger partial charge in [0.2, 0.25) is 20.0 Å². The van der Waals surface area contributed by atoms with E-state index in [1.807, 2.05) is 0 Å². The molecule has 0 aliphatic heterocycles. The number of hydrogen-bond acceptors (Lipinski definition) is 6. The van der Waals surface area contributed by atoms with Gasteiger partial charge in [-0.1, -0.05) is 0 Å². The summed E-state index contributed by atoms with van der Waals surface area (Å²) in [5.74, 6) is -0.344. The molecule has 0 bridgehead atoms. The summed E-state index contributed by atoms with van der Waals surface area (Å²) in [6.45, 7) is -0.247. The highest BCUT2D eigenvalue weighted by Gasteiger charge is 2.18. The van der Waals surface area contributed by atoms with Crippen molar-refractivity contribution >= 4 is 20.0 Å². The van der Waals surface area contributed by atoms with E-state index in [-0.39, 0.29) is 22.9 Å². The molecule has 0 amide bonds. The van der Waals surface area contributed by atoms with Gasteiger partial charge in [-0.15, -0.1) is 0 Å². The standard InChI is InChI=1S/C10H14N4O4S2/c1-14(2)19(15,16)6-5-13-20(17,18)10-4-3-9(7-11)12-8-10/h3-4,8,13H,5-6H2,1-2H3. The Morgan fingerprint density at radius 3 is 2.40 bits per heavy atom. The molecule has 1 aromatic rings. The van der Waals surface area contributed by atoms with Crippen LogP contribution in [0.3, 0.4) is 0 Å². The van der Waals surface area contributed by atoms with Crippen LogP contribution in [-0.4, -0.2) is 52.5 Å². The van der Waals surface area contributed by atoms with Crippen molar-refractivity contribution in [3.63, 3.8) is 0 Å². The molecule has 1 heterocycles. The fourth-order valence-electron chi connectivity index (χ4n) is 1.18. The minimum absolute atomic E-state index is 0.0964. The third-order valence-corrected chi connectivity index (χ3v) is 5.65. The van der Waals surface area contributed by atoms with Crippen LogP contribution in [0.5, 0.6) is 0 Å². The van der Waals surface area contributed by atoms with Crippen LogP contribution < -0.4 is 4.72 Å². The molecule has 0 unspecified atom stereocenters. The highest BCUT2D eigenvalue weighted by atomic mass is 32.2. The Morgan fingerprint density at radius 2 is 1.95 bits per heavy atom. The molecule has 0 atom stereocenters. The van der Waals surface area contributed by atoms with Gasteiger partial charge in [-0.2, -0.15) is 5.26 Å². The largest absolute Gasteiger partial charge is 0.244 e. The number of rotatable bonds is 6. The normalized spacial score (nSPS) is 12.3. The third kappa shape index (κ3) is 4.24. The first-order valence-electron chi connectivity index (χ1n) is 5.45. The predicted octanol–water partition coefficient (Wildman–Crippen LogP) is -0.877. The van der Waals surface area contributed by atoms with Crippen LogP contribution in [0.25, 0.3) is 0 Å². The zero-order valence-electron chi connectivity index (χ0n) is 10.9. The van der Waals surface area contributed by atoms with E-state index >= 15 is 0 Å². The van der Waals surface area contributed by atoms with E-state index in [9.17, 15) is 16.8 Å². The summed E-state index contributed by atoms with van der Waals surface area (Å²) in [5, 5.41) is 8.57. The SMILES string of the molecule is CN(C)S(=O)(=O)CCNS(=O)(=O)c1ccc(C#N)nc1. The Balaban J connectivity index is 2.74. The maximum Gasteiger partial charge on any atom is 0.242 e. The fraction of sp³-hybridized carbons (Fsp3) is 0.400. The van der Waals surface area contributed by atoms with Crippen molar-refractivity contribution in [1.82, 2.24) is 14.0 Å². The average molecular weight is 318 g/mol. The second-order valence-corrected chi connectivity index (χ2v) is 8.06. The molecule has 0 radical (unpaired) electrons. The number of sulfonamides is 2. The molecule has 0 saturated heterocycles. The molecule has 0 aromatic carbocycles. The van der Waals surface area contributed by atoms with Gasteiger partial charge in [0.15, 0.2) is 0 Å². The predicted molar refractivity (Wildman–Crippen MR) is 71.6 cm³/mol. The Morgan fingerprint density at radius 1 is 1.30 bits per heavy atom. The van der Waals surface area contributed by atoms with Gasteiger partial charge in [-0.3, -0.25) is 0 Å². The number of nitriles is 1. The third-order valence-electron chi connectivity index (χ3n) is 2.37. The fourth-order valence-corrected chi connectivity index (χ4v) is 3.01.